The molecule has 0 bridgehead atoms. The Morgan fingerprint density at radius 3 is 2.60 bits per heavy atom. The van der Waals surface area contributed by atoms with Gasteiger partial charge in [-0.1, -0.05) is 0 Å². The van der Waals surface area contributed by atoms with Crippen LogP contribution in [-0.2, 0) is 5.41 Å². The molecular formula is C19H15F3N2O. The van der Waals surface area contributed by atoms with E-state index in [4.69, 9.17) is 0 Å². The van der Waals surface area contributed by atoms with Gasteiger partial charge in [0, 0.05) is 34.6 Å². The predicted molar refractivity (Wildman–Crippen MR) is 87.9 cm³/mol. The second kappa shape index (κ2) is 5.65. The van der Waals surface area contributed by atoms with Crippen LogP contribution in [0.2, 0.25) is 0 Å². The summed E-state index contributed by atoms with van der Waals surface area (Å²) in [5.41, 5.74) is 1.63. The highest BCUT2D eigenvalue weighted by Crippen LogP contribution is 2.50. The monoisotopic (exact) mass is 344 g/mol. The Bertz CT molecular complexity index is 976. The van der Waals surface area contributed by atoms with Gasteiger partial charge in [-0.05, 0) is 54.8 Å². The maximum atomic E-state index is 13.6. The van der Waals surface area contributed by atoms with Crippen molar-refractivity contribution in [2.45, 2.75) is 18.3 Å². The molecule has 1 aliphatic carbocycles. The van der Waals surface area contributed by atoms with Crippen LogP contribution < -0.4 is 5.32 Å². The van der Waals surface area contributed by atoms with E-state index in [0.29, 0.717) is 6.54 Å². The molecular weight excluding hydrogens is 329 g/mol. The van der Waals surface area contributed by atoms with Crippen LogP contribution in [0.3, 0.4) is 0 Å². The van der Waals surface area contributed by atoms with Gasteiger partial charge in [0.1, 0.15) is 5.82 Å². The molecule has 25 heavy (non-hydrogen) atoms. The number of halogens is 3. The molecule has 1 amide bonds. The molecule has 4 rings (SSSR count). The Labute approximate surface area is 141 Å². The van der Waals surface area contributed by atoms with Crippen molar-refractivity contribution in [1.82, 2.24) is 10.3 Å². The molecule has 0 radical (unpaired) electrons. The summed E-state index contributed by atoms with van der Waals surface area (Å²) in [7, 11) is 0. The third-order valence-corrected chi connectivity index (χ3v) is 4.84. The summed E-state index contributed by atoms with van der Waals surface area (Å²) in [5.74, 6) is -2.82. The van der Waals surface area contributed by atoms with Gasteiger partial charge >= 0.3 is 0 Å². The quantitative estimate of drug-likeness (QED) is 0.737. The van der Waals surface area contributed by atoms with Crippen LogP contribution in [-0.4, -0.2) is 17.4 Å². The number of fused-ring (bicyclic) bond motifs is 1. The zero-order valence-corrected chi connectivity index (χ0v) is 13.2. The number of carbonyl (C=O) groups excluding carboxylic acids is 1. The van der Waals surface area contributed by atoms with Gasteiger partial charge in [0.25, 0.3) is 5.91 Å². The number of rotatable bonds is 4. The van der Waals surface area contributed by atoms with Crippen LogP contribution in [0, 0.1) is 17.5 Å². The highest BCUT2D eigenvalue weighted by atomic mass is 19.2. The minimum Gasteiger partial charge on any atom is -0.361 e. The molecule has 1 saturated carbocycles. The lowest BCUT2D eigenvalue weighted by molar-refractivity contribution is 0.0949. The average molecular weight is 344 g/mol. The van der Waals surface area contributed by atoms with Gasteiger partial charge in [0.05, 0.1) is 0 Å². The fourth-order valence-corrected chi connectivity index (χ4v) is 3.21. The number of hydrogen-bond acceptors (Lipinski definition) is 1. The van der Waals surface area contributed by atoms with Crippen LogP contribution in [0.5, 0.6) is 0 Å². The molecule has 0 saturated heterocycles. The van der Waals surface area contributed by atoms with Crippen LogP contribution in [0.25, 0.3) is 10.9 Å². The van der Waals surface area contributed by atoms with E-state index in [2.05, 4.69) is 10.3 Å². The minimum absolute atomic E-state index is 0.0691. The first kappa shape index (κ1) is 15.7. The van der Waals surface area contributed by atoms with E-state index in [0.717, 1.165) is 41.4 Å². The van der Waals surface area contributed by atoms with Gasteiger partial charge in [0.2, 0.25) is 0 Å². The normalized spacial score (nSPS) is 15.3. The van der Waals surface area contributed by atoms with E-state index in [9.17, 15) is 18.0 Å². The van der Waals surface area contributed by atoms with Crippen molar-refractivity contribution in [1.29, 1.82) is 0 Å². The molecule has 1 aromatic heterocycles. The number of amides is 1. The highest BCUT2D eigenvalue weighted by Gasteiger charge is 2.46. The minimum atomic E-state index is -1.05. The lowest BCUT2D eigenvalue weighted by atomic mass is 9.95. The third-order valence-electron chi connectivity index (χ3n) is 4.84. The van der Waals surface area contributed by atoms with Crippen molar-refractivity contribution in [2.24, 2.45) is 0 Å². The van der Waals surface area contributed by atoms with E-state index in [-0.39, 0.29) is 16.8 Å². The smallest absolute Gasteiger partial charge is 0.251 e. The Morgan fingerprint density at radius 1 is 1.08 bits per heavy atom. The number of aromatic nitrogens is 1. The summed E-state index contributed by atoms with van der Waals surface area (Å²) in [6, 6.07) is 7.62. The first-order valence-corrected chi connectivity index (χ1v) is 7.99. The predicted octanol–water partition coefficient (Wildman–Crippen LogP) is 4.05. The van der Waals surface area contributed by atoms with Crippen molar-refractivity contribution in [3.05, 3.63) is 71.2 Å². The molecule has 1 heterocycles. The molecule has 2 aromatic carbocycles. The summed E-state index contributed by atoms with van der Waals surface area (Å²) in [6.07, 6.45) is 3.59. The second-order valence-corrected chi connectivity index (χ2v) is 6.48. The highest BCUT2D eigenvalue weighted by molar-refractivity contribution is 5.94. The molecule has 0 atom stereocenters. The Morgan fingerprint density at radius 2 is 1.88 bits per heavy atom. The van der Waals surface area contributed by atoms with E-state index < -0.39 is 17.5 Å². The molecule has 6 heteroatoms. The van der Waals surface area contributed by atoms with E-state index in [1.54, 1.807) is 6.07 Å². The molecule has 0 aliphatic heterocycles. The zero-order valence-electron chi connectivity index (χ0n) is 13.2. The second-order valence-electron chi connectivity index (χ2n) is 6.48. The van der Waals surface area contributed by atoms with Crippen molar-refractivity contribution < 1.29 is 18.0 Å². The van der Waals surface area contributed by atoms with Crippen LogP contribution >= 0.6 is 0 Å². The van der Waals surface area contributed by atoms with Crippen molar-refractivity contribution in [2.75, 3.05) is 6.54 Å². The number of benzene rings is 2. The van der Waals surface area contributed by atoms with Gasteiger partial charge in [-0.2, -0.15) is 0 Å². The maximum Gasteiger partial charge on any atom is 0.251 e. The largest absolute Gasteiger partial charge is 0.361 e. The van der Waals surface area contributed by atoms with Gasteiger partial charge in [0.15, 0.2) is 11.6 Å². The topological polar surface area (TPSA) is 44.9 Å². The molecule has 0 unspecified atom stereocenters. The number of aromatic amines is 1. The summed E-state index contributed by atoms with van der Waals surface area (Å²) < 4.78 is 39.8. The average Bonchev–Trinajstić information content (AvgIpc) is 3.27. The molecule has 1 aliphatic rings. The Balaban J connectivity index is 1.54. The number of carbonyl (C=O) groups is 1. The summed E-state index contributed by atoms with van der Waals surface area (Å²) in [4.78, 5) is 15.3. The third kappa shape index (κ3) is 2.77. The standard InChI is InChI=1S/C19H15F3N2O/c20-12-2-4-17-13(8-12)14(9-23-17)19(5-6-19)10-24-18(25)11-1-3-15(21)16(22)7-11/h1-4,7-9,23H,5-6,10H2,(H,24,25). The van der Waals surface area contributed by atoms with Crippen molar-refractivity contribution in [3.63, 3.8) is 0 Å². The van der Waals surface area contributed by atoms with Crippen LogP contribution in [0.4, 0.5) is 13.2 Å². The molecule has 2 N–H and O–H groups in total. The van der Waals surface area contributed by atoms with Crippen molar-refractivity contribution >= 4 is 16.8 Å². The van der Waals surface area contributed by atoms with Gasteiger partial charge in [-0.3, -0.25) is 4.79 Å². The number of nitrogens with one attached hydrogen (secondary N) is 2. The lowest BCUT2D eigenvalue weighted by Crippen LogP contribution is -2.32. The van der Waals surface area contributed by atoms with Crippen LogP contribution in [0.15, 0.2) is 42.6 Å². The summed E-state index contributed by atoms with van der Waals surface area (Å²) in [5, 5.41) is 3.59. The van der Waals surface area contributed by atoms with E-state index in [1.807, 2.05) is 6.20 Å². The maximum absolute atomic E-state index is 13.6. The number of hydrogen-bond donors (Lipinski definition) is 2. The first-order chi connectivity index (χ1) is 12.0. The number of H-pyrrole nitrogens is 1. The molecule has 1 fully saturated rings. The lowest BCUT2D eigenvalue weighted by Gasteiger charge is -2.16. The summed E-state index contributed by atoms with van der Waals surface area (Å²) >= 11 is 0. The van der Waals surface area contributed by atoms with Gasteiger partial charge < -0.3 is 10.3 Å². The molecule has 3 aromatic rings. The Hall–Kier alpha value is -2.76. The van der Waals surface area contributed by atoms with Crippen molar-refractivity contribution in [3.8, 4) is 0 Å². The fraction of sp³-hybridized carbons (Fsp3) is 0.211. The molecule has 3 nitrogen and oxygen atoms in total. The summed E-state index contributed by atoms with van der Waals surface area (Å²) in [6.45, 7) is 0.355. The first-order valence-electron chi connectivity index (χ1n) is 7.99. The van der Waals surface area contributed by atoms with E-state index in [1.165, 1.54) is 18.2 Å². The SMILES string of the molecule is O=C(NCC1(c2c[nH]c3ccc(F)cc23)CC1)c1ccc(F)c(F)c1. The zero-order chi connectivity index (χ0) is 17.6. The Kier molecular flexibility index (Phi) is 3.56. The van der Waals surface area contributed by atoms with E-state index >= 15 is 0 Å². The fourth-order valence-electron chi connectivity index (χ4n) is 3.21. The van der Waals surface area contributed by atoms with Gasteiger partial charge in [-0.25, -0.2) is 13.2 Å². The van der Waals surface area contributed by atoms with Crippen LogP contribution in [0.1, 0.15) is 28.8 Å². The molecule has 0 spiro atoms. The van der Waals surface area contributed by atoms with Gasteiger partial charge in [-0.15, -0.1) is 0 Å². The molecule has 128 valence electrons.